The average molecular weight is 299 g/mol. The summed E-state index contributed by atoms with van der Waals surface area (Å²) >= 11 is 5.25. The van der Waals surface area contributed by atoms with Gasteiger partial charge in [-0.1, -0.05) is 31.5 Å². The van der Waals surface area contributed by atoms with E-state index in [-0.39, 0.29) is 0 Å². The number of nitrogens with one attached hydrogen (secondary N) is 3. The largest absolute Gasteiger partial charge is 0.362 e. The highest BCUT2D eigenvalue weighted by Gasteiger charge is 1.98. The standard InChI is InChI=1S/C17H21N3S/c1-2-3-13-18-17(21)20-16-11-9-15(10-12-16)19-14-7-5-4-6-8-14/h4-12,19H,2-3,13H2,1H3,(H2,18,20,21). The lowest BCUT2D eigenvalue weighted by molar-refractivity contribution is 0.758. The van der Waals surface area contributed by atoms with Gasteiger partial charge in [-0.05, 0) is 55.0 Å². The molecule has 0 aliphatic heterocycles. The molecular formula is C17H21N3S. The first kappa shape index (κ1) is 15.3. The zero-order valence-electron chi connectivity index (χ0n) is 12.2. The van der Waals surface area contributed by atoms with Gasteiger partial charge in [0, 0.05) is 23.6 Å². The maximum absolute atomic E-state index is 5.25. The van der Waals surface area contributed by atoms with E-state index in [0.717, 1.165) is 36.4 Å². The summed E-state index contributed by atoms with van der Waals surface area (Å²) in [6, 6.07) is 18.2. The molecule has 0 radical (unpaired) electrons. The van der Waals surface area contributed by atoms with Gasteiger partial charge in [-0.25, -0.2) is 0 Å². The van der Waals surface area contributed by atoms with Gasteiger partial charge in [0.1, 0.15) is 0 Å². The number of unbranched alkanes of at least 4 members (excludes halogenated alkanes) is 1. The van der Waals surface area contributed by atoms with Crippen LogP contribution in [0.5, 0.6) is 0 Å². The first-order valence-corrected chi connectivity index (χ1v) is 7.66. The molecule has 3 nitrogen and oxygen atoms in total. The zero-order chi connectivity index (χ0) is 14.9. The van der Waals surface area contributed by atoms with Crippen molar-refractivity contribution in [3.8, 4) is 0 Å². The first-order valence-electron chi connectivity index (χ1n) is 7.25. The molecule has 0 unspecified atom stereocenters. The molecule has 2 aromatic rings. The molecule has 3 N–H and O–H groups in total. The highest BCUT2D eigenvalue weighted by molar-refractivity contribution is 7.80. The molecule has 2 rings (SSSR count). The predicted molar refractivity (Wildman–Crippen MR) is 95.3 cm³/mol. The summed E-state index contributed by atoms with van der Waals surface area (Å²) in [4.78, 5) is 0. The number of rotatable bonds is 6. The lowest BCUT2D eigenvalue weighted by Gasteiger charge is -2.11. The third-order valence-corrected chi connectivity index (χ3v) is 3.27. The molecule has 4 heteroatoms. The maximum Gasteiger partial charge on any atom is 0.170 e. The summed E-state index contributed by atoms with van der Waals surface area (Å²) in [7, 11) is 0. The smallest absolute Gasteiger partial charge is 0.170 e. The Hall–Kier alpha value is -2.07. The van der Waals surface area contributed by atoms with Gasteiger partial charge in [0.15, 0.2) is 5.11 Å². The van der Waals surface area contributed by atoms with Crippen LogP contribution < -0.4 is 16.0 Å². The number of anilines is 3. The van der Waals surface area contributed by atoms with Gasteiger partial charge in [-0.3, -0.25) is 0 Å². The molecule has 0 heterocycles. The Kier molecular flexibility index (Phi) is 6.03. The Balaban J connectivity index is 1.85. The van der Waals surface area contributed by atoms with Crippen molar-refractivity contribution < 1.29 is 0 Å². The SMILES string of the molecule is CCCCNC(=S)Nc1ccc(Nc2ccccc2)cc1. The van der Waals surface area contributed by atoms with Crippen LogP contribution in [0.15, 0.2) is 54.6 Å². The van der Waals surface area contributed by atoms with Crippen LogP contribution in [0.4, 0.5) is 17.1 Å². The summed E-state index contributed by atoms with van der Waals surface area (Å²) < 4.78 is 0. The van der Waals surface area contributed by atoms with Gasteiger partial charge in [-0.2, -0.15) is 0 Å². The van der Waals surface area contributed by atoms with E-state index in [9.17, 15) is 0 Å². The Morgan fingerprint density at radius 3 is 2.19 bits per heavy atom. The van der Waals surface area contributed by atoms with Crippen molar-refractivity contribution in [1.82, 2.24) is 5.32 Å². The van der Waals surface area contributed by atoms with E-state index in [4.69, 9.17) is 12.2 Å². The van der Waals surface area contributed by atoms with Gasteiger partial charge in [-0.15, -0.1) is 0 Å². The fraction of sp³-hybridized carbons (Fsp3) is 0.235. The van der Waals surface area contributed by atoms with Gasteiger partial charge in [0.25, 0.3) is 0 Å². The number of hydrogen-bond acceptors (Lipinski definition) is 2. The summed E-state index contributed by atoms with van der Waals surface area (Å²) in [6.45, 7) is 3.08. The molecular weight excluding hydrogens is 278 g/mol. The van der Waals surface area contributed by atoms with Crippen LogP contribution in [-0.4, -0.2) is 11.7 Å². The predicted octanol–water partition coefficient (Wildman–Crippen LogP) is 4.52. The van der Waals surface area contributed by atoms with E-state index >= 15 is 0 Å². The van der Waals surface area contributed by atoms with E-state index in [1.54, 1.807) is 0 Å². The third-order valence-electron chi connectivity index (χ3n) is 3.02. The number of hydrogen-bond donors (Lipinski definition) is 3. The molecule has 0 saturated carbocycles. The first-order chi connectivity index (χ1) is 10.3. The average Bonchev–Trinajstić information content (AvgIpc) is 2.51. The zero-order valence-corrected chi connectivity index (χ0v) is 13.0. The van der Waals surface area contributed by atoms with Crippen LogP contribution in [-0.2, 0) is 0 Å². The fourth-order valence-corrected chi connectivity index (χ4v) is 2.10. The number of thiocarbonyl (C=S) groups is 1. The van der Waals surface area contributed by atoms with E-state index in [1.165, 1.54) is 0 Å². The minimum atomic E-state index is 0.673. The highest BCUT2D eigenvalue weighted by Crippen LogP contribution is 2.18. The molecule has 0 bridgehead atoms. The van der Waals surface area contributed by atoms with E-state index in [1.807, 2.05) is 54.6 Å². The molecule has 0 aliphatic rings. The molecule has 2 aromatic carbocycles. The van der Waals surface area contributed by atoms with Crippen LogP contribution in [0.3, 0.4) is 0 Å². The van der Waals surface area contributed by atoms with Gasteiger partial charge < -0.3 is 16.0 Å². The second-order valence-electron chi connectivity index (χ2n) is 4.80. The third kappa shape index (κ3) is 5.44. The second-order valence-corrected chi connectivity index (χ2v) is 5.21. The molecule has 0 saturated heterocycles. The number of benzene rings is 2. The van der Waals surface area contributed by atoms with Crippen molar-refractivity contribution in [2.45, 2.75) is 19.8 Å². The van der Waals surface area contributed by atoms with E-state index < -0.39 is 0 Å². The Bertz CT molecular complexity index is 552. The summed E-state index contributed by atoms with van der Waals surface area (Å²) in [5, 5.41) is 10.4. The van der Waals surface area contributed by atoms with Crippen LogP contribution in [0.2, 0.25) is 0 Å². The van der Waals surface area contributed by atoms with Gasteiger partial charge in [0.05, 0.1) is 0 Å². The van der Waals surface area contributed by atoms with Gasteiger partial charge >= 0.3 is 0 Å². The van der Waals surface area contributed by atoms with Crippen molar-refractivity contribution in [2.24, 2.45) is 0 Å². The van der Waals surface area contributed by atoms with Crippen LogP contribution in [0.25, 0.3) is 0 Å². The van der Waals surface area contributed by atoms with Crippen LogP contribution in [0, 0.1) is 0 Å². The minimum Gasteiger partial charge on any atom is -0.362 e. The normalized spacial score (nSPS) is 9.95. The molecule has 21 heavy (non-hydrogen) atoms. The molecule has 110 valence electrons. The van der Waals surface area contributed by atoms with Crippen molar-refractivity contribution in [2.75, 3.05) is 17.2 Å². The molecule has 0 atom stereocenters. The maximum atomic E-state index is 5.25. The summed E-state index contributed by atoms with van der Waals surface area (Å²) in [6.07, 6.45) is 2.29. The molecule has 0 aliphatic carbocycles. The molecule has 0 fully saturated rings. The summed E-state index contributed by atoms with van der Waals surface area (Å²) in [5.74, 6) is 0. The lowest BCUT2D eigenvalue weighted by atomic mass is 10.2. The topological polar surface area (TPSA) is 36.1 Å². The fourth-order valence-electron chi connectivity index (χ4n) is 1.88. The highest BCUT2D eigenvalue weighted by atomic mass is 32.1. The Labute approximate surface area is 131 Å². The van der Waals surface area contributed by atoms with Crippen molar-refractivity contribution in [3.05, 3.63) is 54.6 Å². The van der Waals surface area contributed by atoms with Crippen molar-refractivity contribution in [1.29, 1.82) is 0 Å². The van der Waals surface area contributed by atoms with Crippen molar-refractivity contribution >= 4 is 34.4 Å². The Morgan fingerprint density at radius 1 is 0.905 bits per heavy atom. The lowest BCUT2D eigenvalue weighted by Crippen LogP contribution is -2.29. The molecule has 0 aromatic heterocycles. The van der Waals surface area contributed by atoms with Gasteiger partial charge in [0.2, 0.25) is 0 Å². The monoisotopic (exact) mass is 299 g/mol. The van der Waals surface area contributed by atoms with Crippen molar-refractivity contribution in [3.63, 3.8) is 0 Å². The summed E-state index contributed by atoms with van der Waals surface area (Å²) in [5.41, 5.74) is 3.12. The second kappa shape index (κ2) is 8.27. The van der Waals surface area contributed by atoms with Crippen LogP contribution >= 0.6 is 12.2 Å². The van der Waals surface area contributed by atoms with Crippen LogP contribution in [0.1, 0.15) is 19.8 Å². The molecule has 0 amide bonds. The Morgan fingerprint density at radius 2 is 1.52 bits per heavy atom. The van der Waals surface area contributed by atoms with E-state index in [2.05, 4.69) is 22.9 Å². The number of para-hydroxylation sites is 1. The molecule has 0 spiro atoms. The minimum absolute atomic E-state index is 0.673. The quantitative estimate of drug-likeness (QED) is 0.541. The van der Waals surface area contributed by atoms with E-state index in [0.29, 0.717) is 5.11 Å².